The van der Waals surface area contributed by atoms with Crippen molar-refractivity contribution in [2.75, 3.05) is 25.0 Å². The highest BCUT2D eigenvalue weighted by Gasteiger charge is 2.24. The van der Waals surface area contributed by atoms with E-state index in [1.807, 2.05) is 30.3 Å². The van der Waals surface area contributed by atoms with E-state index in [-0.39, 0.29) is 5.91 Å². The van der Waals surface area contributed by atoms with Crippen LogP contribution in [0.25, 0.3) is 11.3 Å². The van der Waals surface area contributed by atoms with Gasteiger partial charge >= 0.3 is 0 Å². The maximum Gasteiger partial charge on any atom is 0.257 e. The number of ether oxygens (including phenoxy) is 1. The first kappa shape index (κ1) is 19.2. The second-order valence-electron chi connectivity index (χ2n) is 7.10. The minimum Gasteiger partial charge on any atom is -0.492 e. The zero-order valence-electron chi connectivity index (χ0n) is 16.6. The number of carbonyl (C=O) groups excluding carboxylic acids is 1. The molecule has 150 valence electrons. The van der Waals surface area contributed by atoms with E-state index in [1.54, 1.807) is 12.4 Å². The summed E-state index contributed by atoms with van der Waals surface area (Å²) in [4.78, 5) is 20.9. The molecule has 6 nitrogen and oxygen atoms in total. The van der Waals surface area contributed by atoms with Crippen molar-refractivity contribution < 1.29 is 9.53 Å². The molecule has 0 aliphatic heterocycles. The van der Waals surface area contributed by atoms with E-state index < -0.39 is 0 Å². The predicted octanol–water partition coefficient (Wildman–Crippen LogP) is 3.81. The summed E-state index contributed by atoms with van der Waals surface area (Å²) in [5, 5.41) is 6.21. The van der Waals surface area contributed by atoms with Crippen molar-refractivity contribution in [2.24, 2.45) is 0 Å². The zero-order valence-corrected chi connectivity index (χ0v) is 16.6. The fourth-order valence-corrected chi connectivity index (χ4v) is 3.68. The largest absolute Gasteiger partial charge is 0.492 e. The van der Waals surface area contributed by atoms with Gasteiger partial charge in [-0.1, -0.05) is 13.0 Å². The molecule has 0 unspecified atom stereocenters. The van der Waals surface area contributed by atoms with Crippen LogP contribution in [0.5, 0.6) is 5.75 Å². The number of fused-ring (bicyclic) bond motifs is 3. The molecule has 0 atom stereocenters. The van der Waals surface area contributed by atoms with Crippen molar-refractivity contribution in [1.29, 1.82) is 0 Å². The summed E-state index contributed by atoms with van der Waals surface area (Å²) in [5.74, 6) is 0.649. The van der Waals surface area contributed by atoms with E-state index in [9.17, 15) is 4.79 Å². The monoisotopic (exact) mass is 390 g/mol. The molecule has 0 radical (unpaired) electrons. The molecule has 3 aromatic rings. The van der Waals surface area contributed by atoms with Crippen LogP contribution < -0.4 is 15.4 Å². The minimum absolute atomic E-state index is 0.137. The highest BCUT2D eigenvalue weighted by Crippen LogP contribution is 2.33. The summed E-state index contributed by atoms with van der Waals surface area (Å²) in [6.07, 6.45) is 6.52. The number of benzene rings is 1. The molecule has 2 heterocycles. The lowest BCUT2D eigenvalue weighted by molar-refractivity contribution is 0.102. The summed E-state index contributed by atoms with van der Waals surface area (Å²) in [6.45, 7) is 4.41. The smallest absolute Gasteiger partial charge is 0.257 e. The summed E-state index contributed by atoms with van der Waals surface area (Å²) in [6, 6.07) is 11.5. The molecule has 1 amide bonds. The molecule has 0 fully saturated rings. The molecule has 0 saturated carbocycles. The molecule has 3 N–H and O–H groups in total. The Bertz CT molecular complexity index is 979. The third-order valence-electron chi connectivity index (χ3n) is 5.12. The first-order chi connectivity index (χ1) is 14.3. The number of aromatic amines is 1. The van der Waals surface area contributed by atoms with E-state index in [0.717, 1.165) is 60.7 Å². The number of nitrogens with zero attached hydrogens (tertiary/aromatic N) is 1. The number of hydrogen-bond acceptors (Lipinski definition) is 4. The van der Waals surface area contributed by atoms with Crippen molar-refractivity contribution in [2.45, 2.75) is 26.2 Å². The van der Waals surface area contributed by atoms with E-state index in [1.165, 1.54) is 5.56 Å². The molecule has 4 rings (SSSR count). The van der Waals surface area contributed by atoms with Crippen LogP contribution in [-0.2, 0) is 12.8 Å². The van der Waals surface area contributed by atoms with Gasteiger partial charge in [0.25, 0.3) is 5.91 Å². The molecule has 1 aromatic carbocycles. The highest BCUT2D eigenvalue weighted by atomic mass is 16.5. The SMILES string of the molecule is CCNCCOc1ccc(NC(=O)c2c[nH]c3c2-c2ncccc2CCC3)cc1. The van der Waals surface area contributed by atoms with Crippen LogP contribution in [-0.4, -0.2) is 35.6 Å². The summed E-state index contributed by atoms with van der Waals surface area (Å²) in [7, 11) is 0. The van der Waals surface area contributed by atoms with Gasteiger partial charge in [-0.25, -0.2) is 0 Å². The third-order valence-corrected chi connectivity index (χ3v) is 5.12. The topological polar surface area (TPSA) is 79.0 Å². The normalized spacial score (nSPS) is 12.6. The third kappa shape index (κ3) is 4.32. The second-order valence-corrected chi connectivity index (χ2v) is 7.10. The Balaban J connectivity index is 1.49. The molecular weight excluding hydrogens is 364 g/mol. The number of aromatic nitrogens is 2. The van der Waals surface area contributed by atoms with E-state index in [2.05, 4.69) is 33.6 Å². The quantitative estimate of drug-likeness (QED) is 0.536. The number of rotatable bonds is 7. The van der Waals surface area contributed by atoms with Crippen molar-refractivity contribution >= 4 is 11.6 Å². The van der Waals surface area contributed by atoms with Crippen molar-refractivity contribution in [3.05, 3.63) is 65.6 Å². The van der Waals surface area contributed by atoms with Gasteiger partial charge in [-0.2, -0.15) is 0 Å². The van der Waals surface area contributed by atoms with Crippen LogP contribution in [0.2, 0.25) is 0 Å². The first-order valence-corrected chi connectivity index (χ1v) is 10.2. The Hall–Kier alpha value is -3.12. The van der Waals surface area contributed by atoms with Gasteiger partial charge < -0.3 is 20.4 Å². The Kier molecular flexibility index (Phi) is 5.91. The Morgan fingerprint density at radius 1 is 1.21 bits per heavy atom. The molecule has 2 aromatic heterocycles. The second kappa shape index (κ2) is 8.92. The van der Waals surface area contributed by atoms with Gasteiger partial charge in [0.05, 0.1) is 11.3 Å². The Morgan fingerprint density at radius 2 is 2.07 bits per heavy atom. The number of nitrogens with one attached hydrogen (secondary N) is 3. The van der Waals surface area contributed by atoms with E-state index >= 15 is 0 Å². The lowest BCUT2D eigenvalue weighted by Gasteiger charge is -2.10. The van der Waals surface area contributed by atoms with Crippen LogP contribution >= 0.6 is 0 Å². The van der Waals surface area contributed by atoms with Crippen LogP contribution in [0, 0.1) is 0 Å². The van der Waals surface area contributed by atoms with Crippen molar-refractivity contribution in [3.8, 4) is 17.0 Å². The number of hydrogen-bond donors (Lipinski definition) is 3. The maximum absolute atomic E-state index is 13.0. The summed E-state index contributed by atoms with van der Waals surface area (Å²) in [5.41, 5.74) is 5.48. The molecule has 0 spiro atoms. The molecule has 1 aliphatic carbocycles. The molecule has 0 bridgehead atoms. The minimum atomic E-state index is -0.137. The predicted molar refractivity (Wildman–Crippen MR) is 114 cm³/mol. The summed E-state index contributed by atoms with van der Waals surface area (Å²) >= 11 is 0. The molecule has 1 aliphatic rings. The van der Waals surface area contributed by atoms with Gasteiger partial charge in [-0.3, -0.25) is 9.78 Å². The van der Waals surface area contributed by atoms with Gasteiger partial charge in [0.15, 0.2) is 0 Å². The lowest BCUT2D eigenvalue weighted by atomic mass is 10.0. The Morgan fingerprint density at radius 3 is 2.90 bits per heavy atom. The molecule has 0 saturated heterocycles. The van der Waals surface area contributed by atoms with Gasteiger partial charge in [0.2, 0.25) is 0 Å². The van der Waals surface area contributed by atoms with Gasteiger partial charge in [0, 0.05) is 35.9 Å². The fourth-order valence-electron chi connectivity index (χ4n) is 3.68. The van der Waals surface area contributed by atoms with Crippen molar-refractivity contribution in [3.63, 3.8) is 0 Å². The highest BCUT2D eigenvalue weighted by molar-refractivity contribution is 6.09. The number of pyridine rings is 1. The number of H-pyrrole nitrogens is 1. The fraction of sp³-hybridized carbons (Fsp3) is 0.304. The standard InChI is InChI=1S/C23H26N4O2/c1-2-24-13-14-29-18-10-8-17(9-11-18)27-23(28)19-15-26-20-7-3-5-16-6-4-12-25-22(16)21(19)20/h4,6,8-12,15,24,26H,2-3,5,7,13-14H2,1H3,(H,27,28). The van der Waals surface area contributed by atoms with Crippen LogP contribution in [0.1, 0.15) is 35.0 Å². The number of aryl methyl sites for hydroxylation is 2. The maximum atomic E-state index is 13.0. The van der Waals surface area contributed by atoms with Crippen molar-refractivity contribution in [1.82, 2.24) is 15.3 Å². The molecule has 6 heteroatoms. The van der Waals surface area contributed by atoms with Crippen LogP contribution in [0.4, 0.5) is 5.69 Å². The summed E-state index contributed by atoms with van der Waals surface area (Å²) < 4.78 is 5.68. The average molecular weight is 390 g/mol. The Labute approximate surface area is 170 Å². The van der Waals surface area contributed by atoms with Gasteiger partial charge in [-0.15, -0.1) is 0 Å². The number of amides is 1. The van der Waals surface area contributed by atoms with Gasteiger partial charge in [-0.05, 0) is 61.7 Å². The number of carbonyl (C=O) groups is 1. The van der Waals surface area contributed by atoms with Crippen LogP contribution in [0.15, 0.2) is 48.8 Å². The molecule has 29 heavy (non-hydrogen) atoms. The first-order valence-electron chi connectivity index (χ1n) is 10.2. The molecular formula is C23H26N4O2. The van der Waals surface area contributed by atoms with Crippen LogP contribution in [0.3, 0.4) is 0 Å². The van der Waals surface area contributed by atoms with E-state index in [0.29, 0.717) is 12.2 Å². The number of anilines is 1. The zero-order chi connectivity index (χ0) is 20.1. The number of likely N-dealkylation sites (N-methyl/N-ethyl adjacent to an activating group) is 1. The van der Waals surface area contributed by atoms with Gasteiger partial charge in [0.1, 0.15) is 12.4 Å². The average Bonchev–Trinajstić information content (AvgIpc) is 3.08. The lowest BCUT2D eigenvalue weighted by Crippen LogP contribution is -2.20. The van der Waals surface area contributed by atoms with E-state index in [4.69, 9.17) is 4.74 Å².